The van der Waals surface area contributed by atoms with E-state index in [4.69, 9.17) is 0 Å². The maximum absolute atomic E-state index is 4.41. The summed E-state index contributed by atoms with van der Waals surface area (Å²) in [4.78, 5) is 6.91. The van der Waals surface area contributed by atoms with Crippen molar-refractivity contribution in [3.63, 3.8) is 0 Å². The third-order valence-corrected chi connectivity index (χ3v) is 5.91. The molecule has 0 radical (unpaired) electrons. The van der Waals surface area contributed by atoms with Gasteiger partial charge in [-0.05, 0) is 0 Å². The van der Waals surface area contributed by atoms with Crippen LogP contribution in [-0.4, -0.2) is 39.4 Å². The van der Waals surface area contributed by atoms with Gasteiger partial charge in [0.2, 0.25) is 0 Å². The van der Waals surface area contributed by atoms with Crippen molar-refractivity contribution in [2.24, 2.45) is 0 Å². The van der Waals surface area contributed by atoms with Gasteiger partial charge in [-0.25, -0.2) is 0 Å². The fourth-order valence-corrected chi connectivity index (χ4v) is 4.02. The molecule has 1 aliphatic rings. The van der Waals surface area contributed by atoms with Crippen LogP contribution in [0.15, 0.2) is 18.3 Å². The van der Waals surface area contributed by atoms with Crippen LogP contribution in [0.25, 0.3) is 0 Å². The van der Waals surface area contributed by atoms with E-state index in [2.05, 4.69) is 53.8 Å². The summed E-state index contributed by atoms with van der Waals surface area (Å²) in [6.07, 6.45) is 3.29. The molecule has 1 N–H and O–H groups in total. The van der Waals surface area contributed by atoms with Gasteiger partial charge in [-0.3, -0.25) is 0 Å². The average molecular weight is 309 g/mol. The average Bonchev–Trinajstić information content (AvgIpc) is 2.75. The van der Waals surface area contributed by atoms with Crippen molar-refractivity contribution < 1.29 is 0 Å². The van der Waals surface area contributed by atoms with Crippen LogP contribution in [0.4, 0.5) is 11.5 Å². The summed E-state index contributed by atoms with van der Waals surface area (Å²) in [5.74, 6) is 0.982. The molecule has 18 heavy (non-hydrogen) atoms. The van der Waals surface area contributed by atoms with Gasteiger partial charge in [0, 0.05) is 0 Å². The number of aromatic nitrogens is 1. The van der Waals surface area contributed by atoms with Gasteiger partial charge >= 0.3 is 117 Å². The third-order valence-electron chi connectivity index (χ3n) is 3.21. The predicted octanol–water partition coefficient (Wildman–Crippen LogP) is 2.78. The molecule has 1 aromatic heterocycles. The molecule has 2 rings (SSSR count). The van der Waals surface area contributed by atoms with Crippen LogP contribution in [0.2, 0.25) is 10.4 Å². The Kier molecular flexibility index (Phi) is 4.21. The molecular weight excluding hydrogens is 285 g/mol. The zero-order valence-electron chi connectivity index (χ0n) is 11.8. The molecule has 100 valence electrons. The van der Waals surface area contributed by atoms with Gasteiger partial charge in [-0.2, -0.15) is 0 Å². The van der Waals surface area contributed by atoms with Crippen LogP contribution < -0.4 is 10.2 Å². The van der Waals surface area contributed by atoms with Crippen LogP contribution in [-0.2, 0) is 0 Å². The normalized spacial score (nSPS) is 20.9. The zero-order chi connectivity index (χ0) is 13.2. The summed E-state index contributed by atoms with van der Waals surface area (Å²) in [6.45, 7) is 8.94. The van der Waals surface area contributed by atoms with Crippen molar-refractivity contribution >= 4 is 27.3 Å². The van der Waals surface area contributed by atoms with E-state index in [1.807, 2.05) is 6.20 Å². The SMILES string of the molecule is C[AsH]C1CCN(c2ccnc(NC(C)(C)C)c2)C1. The van der Waals surface area contributed by atoms with E-state index in [-0.39, 0.29) is 21.3 Å². The van der Waals surface area contributed by atoms with E-state index in [1.165, 1.54) is 25.2 Å². The van der Waals surface area contributed by atoms with Gasteiger partial charge in [0.15, 0.2) is 0 Å². The summed E-state index contributed by atoms with van der Waals surface area (Å²) < 4.78 is 0.984. The first-order valence-corrected chi connectivity index (χ1v) is 9.95. The molecular formula is C14H24AsN3. The summed E-state index contributed by atoms with van der Waals surface area (Å²) >= 11 is 0.258. The number of nitrogens with zero attached hydrogens (tertiary/aromatic N) is 2. The summed E-state index contributed by atoms with van der Waals surface area (Å²) in [5.41, 5.74) is 3.79. The molecule has 3 nitrogen and oxygen atoms in total. The molecule has 0 amide bonds. The van der Waals surface area contributed by atoms with E-state index in [0.717, 1.165) is 10.5 Å². The summed E-state index contributed by atoms with van der Waals surface area (Å²) in [5, 5.41) is 3.44. The van der Waals surface area contributed by atoms with E-state index in [1.54, 1.807) is 0 Å². The summed E-state index contributed by atoms with van der Waals surface area (Å²) in [7, 11) is 0. The van der Waals surface area contributed by atoms with Crippen LogP contribution in [0.5, 0.6) is 0 Å². The number of hydrogen-bond acceptors (Lipinski definition) is 3. The first-order chi connectivity index (χ1) is 8.48. The van der Waals surface area contributed by atoms with E-state index in [0.29, 0.717) is 0 Å². The monoisotopic (exact) mass is 309 g/mol. The van der Waals surface area contributed by atoms with Gasteiger partial charge in [-0.1, -0.05) is 0 Å². The van der Waals surface area contributed by atoms with Gasteiger partial charge in [0.05, 0.1) is 0 Å². The number of nitrogens with one attached hydrogen (secondary N) is 1. The molecule has 1 saturated heterocycles. The summed E-state index contributed by atoms with van der Waals surface area (Å²) in [6, 6.07) is 4.31. The molecule has 1 aliphatic heterocycles. The van der Waals surface area contributed by atoms with E-state index >= 15 is 0 Å². The number of rotatable bonds is 3. The molecule has 0 bridgehead atoms. The van der Waals surface area contributed by atoms with Gasteiger partial charge < -0.3 is 0 Å². The standard InChI is InChI=1S/C14H24AsN3/c1-14(2,3)17-13-9-12(5-7-16-13)18-8-6-11(10-18)15-4/h5,7,9,11,15H,6,8,10H2,1-4H3,(H,16,17). The second-order valence-corrected chi connectivity index (χ2v) is 8.92. The minimum absolute atomic E-state index is 0.0643. The van der Waals surface area contributed by atoms with Gasteiger partial charge in [0.25, 0.3) is 0 Å². The van der Waals surface area contributed by atoms with Crippen molar-refractivity contribution in [1.29, 1.82) is 0 Å². The fraction of sp³-hybridized carbons (Fsp3) is 0.643. The Morgan fingerprint density at radius 1 is 1.44 bits per heavy atom. The predicted molar refractivity (Wildman–Crippen MR) is 81.2 cm³/mol. The minimum atomic E-state index is 0.0643. The van der Waals surface area contributed by atoms with Crippen molar-refractivity contribution in [2.75, 3.05) is 23.3 Å². The fourth-order valence-electron chi connectivity index (χ4n) is 2.30. The Hall–Kier alpha value is -0.692. The Labute approximate surface area is 117 Å². The second-order valence-electron chi connectivity index (χ2n) is 5.99. The molecule has 0 aromatic carbocycles. The van der Waals surface area contributed by atoms with Crippen LogP contribution >= 0.6 is 0 Å². The Balaban J connectivity index is 2.08. The van der Waals surface area contributed by atoms with E-state index < -0.39 is 0 Å². The number of pyridine rings is 1. The van der Waals surface area contributed by atoms with Crippen molar-refractivity contribution in [1.82, 2.24) is 4.98 Å². The zero-order valence-corrected chi connectivity index (χ0v) is 13.9. The first-order valence-electron chi connectivity index (χ1n) is 6.64. The van der Waals surface area contributed by atoms with Gasteiger partial charge in [0.1, 0.15) is 0 Å². The quantitative estimate of drug-likeness (QED) is 0.870. The van der Waals surface area contributed by atoms with Crippen molar-refractivity contribution in [2.45, 2.75) is 43.1 Å². The molecule has 0 aliphatic carbocycles. The Bertz CT molecular complexity index is 400. The number of hydrogen-bond donors (Lipinski definition) is 1. The molecule has 2 heterocycles. The molecule has 1 fully saturated rings. The second kappa shape index (κ2) is 5.52. The van der Waals surface area contributed by atoms with Crippen molar-refractivity contribution in [3.05, 3.63) is 18.3 Å². The molecule has 0 spiro atoms. The van der Waals surface area contributed by atoms with Crippen LogP contribution in [0, 0.1) is 0 Å². The number of anilines is 2. The molecule has 2 unspecified atom stereocenters. The third kappa shape index (κ3) is 3.65. The Morgan fingerprint density at radius 3 is 2.83 bits per heavy atom. The van der Waals surface area contributed by atoms with Gasteiger partial charge in [-0.15, -0.1) is 0 Å². The van der Waals surface area contributed by atoms with Crippen LogP contribution in [0.3, 0.4) is 0 Å². The molecule has 0 saturated carbocycles. The molecule has 1 aromatic rings. The van der Waals surface area contributed by atoms with E-state index in [9.17, 15) is 0 Å². The Morgan fingerprint density at radius 2 is 2.22 bits per heavy atom. The van der Waals surface area contributed by atoms with Crippen molar-refractivity contribution in [3.8, 4) is 0 Å². The topological polar surface area (TPSA) is 28.2 Å². The molecule has 2 atom stereocenters. The maximum atomic E-state index is 4.41. The first kappa shape index (κ1) is 13.7. The van der Waals surface area contributed by atoms with Crippen LogP contribution in [0.1, 0.15) is 27.2 Å². The molecule has 4 heteroatoms.